The summed E-state index contributed by atoms with van der Waals surface area (Å²) in [5.74, 6) is 0. The van der Waals surface area contributed by atoms with Crippen molar-refractivity contribution in [2.24, 2.45) is 0 Å². The van der Waals surface area contributed by atoms with E-state index in [-0.39, 0.29) is 6.10 Å². The van der Waals surface area contributed by atoms with Crippen LogP contribution >= 0.6 is 0 Å². The number of ether oxygens (including phenoxy) is 1. The summed E-state index contributed by atoms with van der Waals surface area (Å²) >= 11 is 0. The van der Waals surface area contributed by atoms with Gasteiger partial charge in [-0.25, -0.2) is 0 Å². The van der Waals surface area contributed by atoms with Crippen LogP contribution in [0.5, 0.6) is 0 Å². The third kappa shape index (κ3) is 8.11. The molecule has 0 bridgehead atoms. The Hall–Kier alpha value is -0.210. The van der Waals surface area contributed by atoms with Crippen molar-refractivity contribution in [2.45, 2.75) is 51.6 Å². The van der Waals surface area contributed by atoms with E-state index >= 15 is 0 Å². The Kier molecular flexibility index (Phi) is 8.73. The number of hydrogen-bond donors (Lipinski definition) is 1. The molecule has 0 unspecified atom stereocenters. The smallest absolute Gasteiger partial charge is 0.335 e. The Balaban J connectivity index is 1.98. The van der Waals surface area contributed by atoms with Crippen LogP contribution in [-0.4, -0.2) is 68.1 Å². The van der Waals surface area contributed by atoms with E-state index < -0.39 is 10.3 Å². The number of nitrogens with zero attached hydrogens (tertiary/aromatic N) is 2. The quantitative estimate of drug-likeness (QED) is 0.490. The molecule has 1 heterocycles. The summed E-state index contributed by atoms with van der Waals surface area (Å²) in [7, 11) is -1.88. The molecule has 1 N–H and O–H groups in total. The molecular weight excluding hydrogens is 292 g/mol. The monoisotopic (exact) mass is 322 g/mol. The molecule has 0 atom stereocenters. The molecule has 1 fully saturated rings. The minimum absolute atomic E-state index is 0.134. The van der Waals surface area contributed by atoms with Gasteiger partial charge in [0.2, 0.25) is 0 Å². The molecule has 0 radical (unpaired) electrons. The van der Waals surface area contributed by atoms with E-state index in [1.807, 2.05) is 0 Å². The highest BCUT2D eigenvalue weighted by molar-refractivity contribution is 7.83. The summed E-state index contributed by atoms with van der Waals surface area (Å²) in [4.78, 5) is 2.32. The van der Waals surface area contributed by atoms with Gasteiger partial charge < -0.3 is 9.64 Å². The van der Waals surface area contributed by atoms with Crippen LogP contribution in [0.15, 0.2) is 0 Å². The minimum atomic E-state index is -4.02. The second-order valence-corrected chi connectivity index (χ2v) is 7.17. The van der Waals surface area contributed by atoms with Gasteiger partial charge in [0.1, 0.15) is 0 Å². The normalized spacial score (nSPS) is 18.5. The minimum Gasteiger partial charge on any atom is -0.378 e. The van der Waals surface area contributed by atoms with E-state index in [4.69, 9.17) is 9.29 Å². The van der Waals surface area contributed by atoms with E-state index in [2.05, 4.69) is 18.9 Å². The zero-order valence-electron chi connectivity index (χ0n) is 13.3. The largest absolute Gasteiger partial charge is 0.378 e. The fraction of sp³-hybridized carbons (Fsp3) is 1.00. The van der Waals surface area contributed by atoms with Crippen LogP contribution in [0.1, 0.15) is 45.4 Å². The fourth-order valence-electron chi connectivity index (χ4n) is 2.47. The first-order valence-electron chi connectivity index (χ1n) is 7.96. The summed E-state index contributed by atoms with van der Waals surface area (Å²) in [6.45, 7) is 5.89. The summed E-state index contributed by atoms with van der Waals surface area (Å²) in [6, 6.07) is 0. The molecule has 0 amide bonds. The topological polar surface area (TPSA) is 70.1 Å². The number of rotatable bonds is 10. The molecule has 0 spiro atoms. The van der Waals surface area contributed by atoms with Crippen LogP contribution in [0, 0.1) is 0 Å². The third-order valence-electron chi connectivity index (χ3n) is 4.05. The zero-order chi connectivity index (χ0) is 15.7. The average Bonchev–Trinajstić information content (AvgIpc) is 2.45. The molecule has 6 nitrogen and oxygen atoms in total. The molecule has 21 heavy (non-hydrogen) atoms. The molecule has 1 aliphatic heterocycles. The lowest BCUT2D eigenvalue weighted by atomic mass is 10.1. The van der Waals surface area contributed by atoms with Crippen LogP contribution in [0.2, 0.25) is 0 Å². The van der Waals surface area contributed by atoms with Crippen molar-refractivity contribution >= 4 is 10.3 Å². The predicted molar refractivity (Wildman–Crippen MR) is 83.7 cm³/mol. The molecular formula is C14H30N2O4S. The Bertz CT molecular complexity index is 367. The third-order valence-corrected chi connectivity index (χ3v) is 5.07. The van der Waals surface area contributed by atoms with Gasteiger partial charge in [-0.15, -0.1) is 0 Å². The Morgan fingerprint density at radius 2 is 1.81 bits per heavy atom. The van der Waals surface area contributed by atoms with Crippen molar-refractivity contribution in [1.29, 1.82) is 0 Å². The molecule has 0 aromatic heterocycles. The molecule has 0 aliphatic carbocycles. The van der Waals surface area contributed by atoms with Crippen molar-refractivity contribution < 1.29 is 17.7 Å². The number of hydrogen-bond acceptors (Lipinski definition) is 4. The zero-order valence-corrected chi connectivity index (χ0v) is 14.1. The maximum Gasteiger partial charge on any atom is 0.335 e. The van der Waals surface area contributed by atoms with Gasteiger partial charge in [-0.05, 0) is 45.8 Å². The highest BCUT2D eigenvalue weighted by Crippen LogP contribution is 2.16. The van der Waals surface area contributed by atoms with Gasteiger partial charge in [0.25, 0.3) is 0 Å². The Morgan fingerprint density at radius 3 is 2.38 bits per heavy atom. The lowest BCUT2D eigenvalue weighted by molar-refractivity contribution is 0.0181. The molecule has 1 aliphatic rings. The van der Waals surface area contributed by atoms with Crippen molar-refractivity contribution in [3.8, 4) is 0 Å². The van der Waals surface area contributed by atoms with Crippen molar-refractivity contribution in [3.63, 3.8) is 0 Å². The van der Waals surface area contributed by atoms with Crippen molar-refractivity contribution in [3.05, 3.63) is 0 Å². The first-order chi connectivity index (χ1) is 9.93. The van der Waals surface area contributed by atoms with Crippen LogP contribution in [-0.2, 0) is 15.0 Å². The van der Waals surface area contributed by atoms with Gasteiger partial charge in [-0.3, -0.25) is 4.55 Å². The molecule has 0 saturated carbocycles. The first kappa shape index (κ1) is 18.8. The fourth-order valence-corrected chi connectivity index (χ4v) is 3.15. The lowest BCUT2D eigenvalue weighted by Gasteiger charge is -2.29. The molecule has 1 rings (SSSR count). The predicted octanol–water partition coefficient (Wildman–Crippen LogP) is 1.78. The second-order valence-electron chi connectivity index (χ2n) is 5.76. The summed E-state index contributed by atoms with van der Waals surface area (Å²) in [6.07, 6.45) is 6.18. The second kappa shape index (κ2) is 9.74. The first-order valence-corrected chi connectivity index (χ1v) is 9.36. The van der Waals surface area contributed by atoms with Crippen LogP contribution < -0.4 is 0 Å². The lowest BCUT2D eigenvalue weighted by Crippen LogP contribution is -2.40. The Labute approximate surface area is 129 Å². The Morgan fingerprint density at radius 1 is 1.19 bits per heavy atom. The summed E-state index contributed by atoms with van der Waals surface area (Å²) in [5, 5.41) is 0. The standard InChI is InChI=1S/C14H30N2O4S/c1-3-15(2)10-6-4-5-7-13-20-14-8-11-16(12-9-14)21(17,18)19/h14H,3-13H2,1-2H3,(H,17,18,19). The van der Waals surface area contributed by atoms with Crippen molar-refractivity contribution in [1.82, 2.24) is 9.21 Å². The van der Waals surface area contributed by atoms with E-state index in [1.165, 1.54) is 19.3 Å². The van der Waals surface area contributed by atoms with E-state index in [1.54, 1.807) is 0 Å². The van der Waals surface area contributed by atoms with Gasteiger partial charge in [0.15, 0.2) is 0 Å². The summed E-state index contributed by atoms with van der Waals surface area (Å²) < 4.78 is 37.7. The van der Waals surface area contributed by atoms with Crippen molar-refractivity contribution in [2.75, 3.05) is 39.8 Å². The van der Waals surface area contributed by atoms with E-state index in [0.717, 1.165) is 30.4 Å². The molecule has 1 saturated heterocycles. The number of piperidine rings is 1. The van der Waals surface area contributed by atoms with Gasteiger partial charge in [0.05, 0.1) is 6.10 Å². The highest BCUT2D eigenvalue weighted by atomic mass is 32.2. The van der Waals surface area contributed by atoms with Gasteiger partial charge in [-0.1, -0.05) is 19.8 Å². The van der Waals surface area contributed by atoms with Crippen LogP contribution in [0.25, 0.3) is 0 Å². The molecule has 126 valence electrons. The summed E-state index contributed by atoms with van der Waals surface area (Å²) in [5.41, 5.74) is 0. The molecule has 0 aromatic carbocycles. The molecule has 0 aromatic rings. The molecule has 7 heteroatoms. The van der Waals surface area contributed by atoms with Gasteiger partial charge >= 0.3 is 10.3 Å². The highest BCUT2D eigenvalue weighted by Gasteiger charge is 2.26. The maximum absolute atomic E-state index is 11.0. The SMILES string of the molecule is CCN(C)CCCCCCOC1CCN(S(=O)(=O)O)CC1. The maximum atomic E-state index is 11.0. The average molecular weight is 322 g/mol. The van der Waals surface area contributed by atoms with E-state index in [0.29, 0.717) is 25.9 Å². The van der Waals surface area contributed by atoms with E-state index in [9.17, 15) is 8.42 Å². The van der Waals surface area contributed by atoms with Gasteiger partial charge in [0, 0.05) is 19.7 Å². The van der Waals surface area contributed by atoms with Crippen LogP contribution in [0.3, 0.4) is 0 Å². The van der Waals surface area contributed by atoms with Crippen LogP contribution in [0.4, 0.5) is 0 Å². The van der Waals surface area contributed by atoms with Gasteiger partial charge in [-0.2, -0.15) is 12.7 Å². The number of unbranched alkanes of at least 4 members (excludes halogenated alkanes) is 3.